The number of rotatable bonds is 7. The molecule has 2 heterocycles. The van der Waals surface area contributed by atoms with Gasteiger partial charge >= 0.3 is 0 Å². The maximum Gasteiger partial charge on any atom is 0.264 e. The number of amides is 1. The van der Waals surface area contributed by atoms with Crippen LogP contribution in [0.3, 0.4) is 0 Å². The molecule has 0 radical (unpaired) electrons. The molecule has 11 heteroatoms. The van der Waals surface area contributed by atoms with Gasteiger partial charge in [0, 0.05) is 23.2 Å². The van der Waals surface area contributed by atoms with Gasteiger partial charge in [0.1, 0.15) is 6.61 Å². The second-order valence-electron chi connectivity index (χ2n) is 13.7. The maximum absolute atomic E-state index is 14.4. The molecule has 0 saturated heterocycles. The van der Waals surface area contributed by atoms with Crippen molar-refractivity contribution in [2.24, 2.45) is 0 Å². The van der Waals surface area contributed by atoms with Gasteiger partial charge in [-0.3, -0.25) is 4.79 Å². The Morgan fingerprint density at radius 3 is 2.21 bits per heavy atom. The van der Waals surface area contributed by atoms with Crippen LogP contribution in [-0.4, -0.2) is 57.7 Å². The lowest BCUT2D eigenvalue weighted by molar-refractivity contribution is 0.0382. The van der Waals surface area contributed by atoms with Gasteiger partial charge in [0.25, 0.3) is 15.9 Å². The maximum atomic E-state index is 14.4. The molecule has 5 rings (SSSR count). The first-order chi connectivity index (χ1) is 22.4. The summed E-state index contributed by atoms with van der Waals surface area (Å²) in [6.07, 6.45) is 0.744. The predicted molar refractivity (Wildman–Crippen MR) is 185 cm³/mol. The van der Waals surface area contributed by atoms with Gasteiger partial charge < -0.3 is 19.8 Å². The monoisotopic (exact) mass is 672 g/mol. The molecule has 0 aliphatic carbocycles. The average molecular weight is 673 g/mol. The number of sulfonamides is 1. The van der Waals surface area contributed by atoms with Crippen LogP contribution < -0.4 is 9.46 Å². The smallest absolute Gasteiger partial charge is 0.264 e. The van der Waals surface area contributed by atoms with Crippen molar-refractivity contribution in [3.05, 3.63) is 100 Å². The minimum atomic E-state index is -4.21. The number of carbonyl (C=O) groups is 1. The number of anilines is 1. The highest BCUT2D eigenvalue weighted by atomic mass is 32.2. The first kappa shape index (κ1) is 35.0. The van der Waals surface area contributed by atoms with Crippen molar-refractivity contribution in [1.82, 2.24) is 14.9 Å². The number of hydrogen-bond donors (Lipinski definition) is 3. The molecule has 4 bridgehead atoms. The van der Waals surface area contributed by atoms with E-state index in [2.05, 4.69) is 14.7 Å². The number of ether oxygens (including phenoxy) is 1. The summed E-state index contributed by atoms with van der Waals surface area (Å²) < 4.78 is 36.3. The van der Waals surface area contributed by atoms with Gasteiger partial charge in [-0.2, -0.15) is 4.98 Å². The topological polar surface area (TPSA) is 142 Å². The second-order valence-corrected chi connectivity index (χ2v) is 15.4. The molecule has 0 unspecified atom stereocenters. The SMILES string of the molecule is Cc1cccc(C)c1-c1nc2nc(c1C)OC[C@@H](CCC(C)(C)O)N(Cc1ccc(C(C)(C)O)cc1)C(=O)c1cccc(c1)S(=O)(=O)N2. The number of aromatic nitrogens is 2. The Hall–Kier alpha value is -4.32. The Kier molecular flexibility index (Phi) is 9.69. The molecular weight excluding hydrogens is 628 g/mol. The standard InChI is InChI=1S/C37H44N4O6S/c1-23-10-8-11-24(2)31(23)32-25(3)33-39-35(38-32)40-48(45,46)30-13-9-12-27(20-30)34(42)41(29(22-47-33)18-19-36(4,5)43)21-26-14-16-28(17-15-26)37(6,7)44/h8-17,20,29,43-44H,18-19,21-22H2,1-7H3,(H,38,39,40)/t29-/m1/s1. The Bertz CT molecular complexity index is 1910. The third-order valence-electron chi connectivity index (χ3n) is 8.65. The summed E-state index contributed by atoms with van der Waals surface area (Å²) in [7, 11) is -4.21. The van der Waals surface area contributed by atoms with Gasteiger partial charge in [-0.1, -0.05) is 48.5 Å². The normalized spacial score (nSPS) is 16.6. The molecule has 254 valence electrons. The summed E-state index contributed by atoms with van der Waals surface area (Å²) in [4.78, 5) is 25.1. The lowest BCUT2D eigenvalue weighted by Crippen LogP contribution is -2.44. The van der Waals surface area contributed by atoms with E-state index in [1.807, 2.05) is 63.2 Å². The second kappa shape index (κ2) is 13.3. The lowest BCUT2D eigenvalue weighted by atomic mass is 9.96. The number of fused-ring (bicyclic) bond motifs is 4. The largest absolute Gasteiger partial charge is 0.475 e. The summed E-state index contributed by atoms with van der Waals surface area (Å²) in [6.45, 7) is 12.8. The zero-order valence-corrected chi connectivity index (χ0v) is 29.4. The first-order valence-corrected chi connectivity index (χ1v) is 17.5. The number of aryl methyl sites for hydroxylation is 2. The minimum absolute atomic E-state index is 0.0134. The van der Waals surface area contributed by atoms with Gasteiger partial charge in [-0.05, 0) is 102 Å². The number of nitrogens with one attached hydrogen (secondary N) is 1. The van der Waals surface area contributed by atoms with E-state index in [1.165, 1.54) is 18.2 Å². The summed E-state index contributed by atoms with van der Waals surface area (Å²) in [6, 6.07) is 18.6. The molecule has 1 atom stereocenters. The van der Waals surface area contributed by atoms with Crippen molar-refractivity contribution in [1.29, 1.82) is 0 Å². The highest BCUT2D eigenvalue weighted by molar-refractivity contribution is 7.92. The van der Waals surface area contributed by atoms with Crippen molar-refractivity contribution in [3.8, 4) is 17.1 Å². The van der Waals surface area contributed by atoms with E-state index >= 15 is 0 Å². The van der Waals surface area contributed by atoms with Crippen molar-refractivity contribution < 1.29 is 28.2 Å². The van der Waals surface area contributed by atoms with E-state index < -0.39 is 33.2 Å². The van der Waals surface area contributed by atoms with Crippen LogP contribution in [0.5, 0.6) is 5.88 Å². The average Bonchev–Trinajstić information content (AvgIpc) is 3.00. The number of benzene rings is 3. The fourth-order valence-electron chi connectivity index (χ4n) is 5.86. The molecule has 0 fully saturated rings. The third-order valence-corrected chi connectivity index (χ3v) is 9.98. The Morgan fingerprint density at radius 2 is 1.58 bits per heavy atom. The molecule has 10 nitrogen and oxygen atoms in total. The Labute approximate surface area is 282 Å². The molecule has 4 aromatic rings. The fourth-order valence-corrected chi connectivity index (χ4v) is 6.85. The first-order valence-electron chi connectivity index (χ1n) is 16.0. The summed E-state index contributed by atoms with van der Waals surface area (Å²) >= 11 is 0. The van der Waals surface area contributed by atoms with E-state index in [0.29, 0.717) is 24.1 Å². The van der Waals surface area contributed by atoms with Gasteiger partial charge in [-0.15, -0.1) is 0 Å². The molecule has 0 spiro atoms. The van der Waals surface area contributed by atoms with E-state index in [1.54, 1.807) is 38.7 Å². The molecule has 1 aliphatic heterocycles. The zero-order chi connectivity index (χ0) is 35.0. The molecule has 1 amide bonds. The molecule has 0 saturated carbocycles. The van der Waals surface area contributed by atoms with Crippen LogP contribution in [0, 0.1) is 20.8 Å². The van der Waals surface area contributed by atoms with E-state index in [9.17, 15) is 23.4 Å². The van der Waals surface area contributed by atoms with Crippen molar-refractivity contribution in [3.63, 3.8) is 0 Å². The quantitative estimate of drug-likeness (QED) is 0.215. The van der Waals surface area contributed by atoms with E-state index in [-0.39, 0.29) is 35.4 Å². The number of hydrogen-bond acceptors (Lipinski definition) is 8. The van der Waals surface area contributed by atoms with E-state index in [0.717, 1.165) is 27.8 Å². The summed E-state index contributed by atoms with van der Waals surface area (Å²) in [5.74, 6) is -0.365. The molecular formula is C37H44N4O6S. The van der Waals surface area contributed by atoms with Gasteiger partial charge in [0.2, 0.25) is 11.8 Å². The molecule has 1 aromatic heterocycles. The summed E-state index contributed by atoms with van der Waals surface area (Å²) in [5.41, 5.74) is 3.56. The molecule has 3 aromatic carbocycles. The van der Waals surface area contributed by atoms with Crippen LogP contribution in [0.1, 0.15) is 78.7 Å². The molecule has 48 heavy (non-hydrogen) atoms. The molecule has 3 N–H and O–H groups in total. The van der Waals surface area contributed by atoms with E-state index in [4.69, 9.17) is 4.74 Å². The number of aliphatic hydroxyl groups is 2. The number of carbonyl (C=O) groups excluding carboxylic acids is 1. The Balaban J connectivity index is 1.68. The van der Waals surface area contributed by atoms with Crippen LogP contribution in [0.4, 0.5) is 5.95 Å². The van der Waals surface area contributed by atoms with Crippen LogP contribution in [-0.2, 0) is 22.2 Å². The van der Waals surface area contributed by atoms with Crippen molar-refractivity contribution in [2.75, 3.05) is 11.3 Å². The fraction of sp³-hybridized carbons (Fsp3) is 0.378. The van der Waals surface area contributed by atoms with Crippen LogP contribution in [0.25, 0.3) is 11.3 Å². The zero-order valence-electron chi connectivity index (χ0n) is 28.5. The van der Waals surface area contributed by atoms with Crippen molar-refractivity contribution in [2.45, 2.75) is 90.0 Å². The van der Waals surface area contributed by atoms with Crippen LogP contribution in [0.2, 0.25) is 0 Å². The van der Waals surface area contributed by atoms with Crippen LogP contribution in [0.15, 0.2) is 71.6 Å². The third kappa shape index (κ3) is 7.86. The minimum Gasteiger partial charge on any atom is -0.475 e. The van der Waals surface area contributed by atoms with Gasteiger partial charge in [0.05, 0.1) is 27.8 Å². The number of nitrogens with zero attached hydrogens (tertiary/aromatic N) is 3. The predicted octanol–water partition coefficient (Wildman–Crippen LogP) is 6.05. The highest BCUT2D eigenvalue weighted by Gasteiger charge is 2.31. The van der Waals surface area contributed by atoms with Gasteiger partial charge in [0.15, 0.2) is 0 Å². The van der Waals surface area contributed by atoms with Crippen LogP contribution >= 0.6 is 0 Å². The lowest BCUT2D eigenvalue weighted by Gasteiger charge is -2.34. The van der Waals surface area contributed by atoms with Gasteiger partial charge in [-0.25, -0.2) is 18.1 Å². The Morgan fingerprint density at radius 1 is 0.938 bits per heavy atom. The highest BCUT2D eigenvalue weighted by Crippen LogP contribution is 2.34. The summed E-state index contributed by atoms with van der Waals surface area (Å²) in [5, 5.41) is 21.2. The molecule has 1 aliphatic rings. The van der Waals surface area contributed by atoms with Crippen molar-refractivity contribution >= 4 is 21.9 Å².